The van der Waals surface area contributed by atoms with E-state index in [1.165, 1.54) is 11.8 Å². The third-order valence-corrected chi connectivity index (χ3v) is 3.68. The maximum absolute atomic E-state index is 11.8. The Labute approximate surface area is 109 Å². The van der Waals surface area contributed by atoms with Crippen molar-refractivity contribution in [3.05, 3.63) is 24.3 Å². The standard InChI is InChI=1S/C12H14N2O3S/c1-2-17-14-11(15)7-10-12(16)13-8-5-3-4-6-9(8)18-10/h3-6,10H,2,7H2,1H3,(H,13,16)(H,14,15). The number of benzene rings is 1. The topological polar surface area (TPSA) is 67.4 Å². The van der Waals surface area contributed by atoms with Gasteiger partial charge in [-0.2, -0.15) is 0 Å². The summed E-state index contributed by atoms with van der Waals surface area (Å²) in [5, 5.41) is 2.37. The second-order valence-electron chi connectivity index (χ2n) is 3.75. The number of hydroxylamine groups is 1. The van der Waals surface area contributed by atoms with Crippen molar-refractivity contribution in [2.24, 2.45) is 0 Å². The van der Waals surface area contributed by atoms with Crippen LogP contribution in [0.4, 0.5) is 5.69 Å². The minimum absolute atomic E-state index is 0.102. The van der Waals surface area contributed by atoms with E-state index < -0.39 is 5.25 Å². The Morgan fingerprint density at radius 1 is 1.50 bits per heavy atom. The highest BCUT2D eigenvalue weighted by molar-refractivity contribution is 8.01. The summed E-state index contributed by atoms with van der Waals surface area (Å²) >= 11 is 1.40. The summed E-state index contributed by atoms with van der Waals surface area (Å²) < 4.78 is 0. The van der Waals surface area contributed by atoms with E-state index in [-0.39, 0.29) is 18.2 Å². The molecule has 0 aromatic heterocycles. The quantitative estimate of drug-likeness (QED) is 0.812. The minimum atomic E-state index is -0.416. The summed E-state index contributed by atoms with van der Waals surface area (Å²) in [5.74, 6) is -0.436. The molecule has 1 atom stereocenters. The molecule has 0 fully saturated rings. The van der Waals surface area contributed by atoms with Crippen LogP contribution in [-0.4, -0.2) is 23.7 Å². The van der Waals surface area contributed by atoms with Crippen molar-refractivity contribution in [2.45, 2.75) is 23.5 Å². The number of carbonyl (C=O) groups excluding carboxylic acids is 2. The Morgan fingerprint density at radius 2 is 2.28 bits per heavy atom. The maximum atomic E-state index is 11.8. The van der Waals surface area contributed by atoms with E-state index in [1.54, 1.807) is 6.92 Å². The maximum Gasteiger partial charge on any atom is 0.245 e. The molecule has 2 amide bonds. The zero-order valence-corrected chi connectivity index (χ0v) is 10.8. The molecule has 1 aromatic rings. The van der Waals surface area contributed by atoms with Gasteiger partial charge in [0.1, 0.15) is 0 Å². The summed E-state index contributed by atoms with van der Waals surface area (Å²) in [6, 6.07) is 7.53. The Kier molecular flexibility index (Phi) is 4.22. The van der Waals surface area contributed by atoms with Crippen molar-refractivity contribution in [1.82, 2.24) is 5.48 Å². The Balaban J connectivity index is 1.99. The van der Waals surface area contributed by atoms with E-state index in [2.05, 4.69) is 10.8 Å². The molecule has 2 N–H and O–H groups in total. The highest BCUT2D eigenvalue weighted by Gasteiger charge is 2.28. The van der Waals surface area contributed by atoms with E-state index >= 15 is 0 Å². The van der Waals surface area contributed by atoms with Crippen LogP contribution in [0.1, 0.15) is 13.3 Å². The van der Waals surface area contributed by atoms with Crippen LogP contribution in [-0.2, 0) is 14.4 Å². The molecule has 1 aromatic carbocycles. The first-order valence-electron chi connectivity index (χ1n) is 5.68. The lowest BCUT2D eigenvalue weighted by Gasteiger charge is -2.23. The third kappa shape index (κ3) is 3.02. The molecular weight excluding hydrogens is 252 g/mol. The summed E-state index contributed by atoms with van der Waals surface area (Å²) in [4.78, 5) is 29.1. The lowest BCUT2D eigenvalue weighted by molar-refractivity contribution is -0.134. The summed E-state index contributed by atoms with van der Waals surface area (Å²) in [6.07, 6.45) is 0.102. The predicted molar refractivity (Wildman–Crippen MR) is 69.1 cm³/mol. The molecule has 0 saturated carbocycles. The van der Waals surface area contributed by atoms with Crippen LogP contribution in [0.15, 0.2) is 29.2 Å². The minimum Gasteiger partial charge on any atom is -0.324 e. The van der Waals surface area contributed by atoms with Gasteiger partial charge in [0.2, 0.25) is 11.8 Å². The van der Waals surface area contributed by atoms with Crippen molar-refractivity contribution >= 4 is 29.3 Å². The molecule has 18 heavy (non-hydrogen) atoms. The molecule has 1 aliphatic heterocycles. The zero-order chi connectivity index (χ0) is 13.0. The Hall–Kier alpha value is -1.53. The van der Waals surface area contributed by atoms with Crippen LogP contribution in [0.3, 0.4) is 0 Å². The summed E-state index contributed by atoms with van der Waals surface area (Å²) in [6.45, 7) is 2.18. The van der Waals surface area contributed by atoms with Gasteiger partial charge in [0, 0.05) is 11.3 Å². The lowest BCUT2D eigenvalue weighted by Crippen LogP contribution is -2.34. The van der Waals surface area contributed by atoms with E-state index in [9.17, 15) is 9.59 Å². The molecule has 0 spiro atoms. The Morgan fingerprint density at radius 3 is 3.06 bits per heavy atom. The molecule has 0 radical (unpaired) electrons. The van der Waals surface area contributed by atoms with Gasteiger partial charge in [-0.1, -0.05) is 12.1 Å². The van der Waals surface area contributed by atoms with Crippen LogP contribution < -0.4 is 10.8 Å². The van der Waals surface area contributed by atoms with Crippen LogP contribution in [0.25, 0.3) is 0 Å². The number of nitrogens with one attached hydrogen (secondary N) is 2. The number of amides is 2. The molecule has 96 valence electrons. The van der Waals surface area contributed by atoms with Crippen LogP contribution in [0.5, 0.6) is 0 Å². The first-order chi connectivity index (χ1) is 8.70. The molecular formula is C12H14N2O3S. The normalized spacial score (nSPS) is 17.8. The number of hydrogen-bond acceptors (Lipinski definition) is 4. The largest absolute Gasteiger partial charge is 0.324 e. The smallest absolute Gasteiger partial charge is 0.245 e. The van der Waals surface area contributed by atoms with Crippen LogP contribution in [0, 0.1) is 0 Å². The number of anilines is 1. The molecule has 0 saturated heterocycles. The SMILES string of the molecule is CCONC(=O)CC1Sc2ccccc2NC1=O. The van der Waals surface area contributed by atoms with Gasteiger partial charge in [0.25, 0.3) is 0 Å². The van der Waals surface area contributed by atoms with Gasteiger partial charge < -0.3 is 5.32 Å². The van der Waals surface area contributed by atoms with Gasteiger partial charge in [-0.15, -0.1) is 11.8 Å². The number of fused-ring (bicyclic) bond motifs is 1. The van der Waals surface area contributed by atoms with Crippen LogP contribution >= 0.6 is 11.8 Å². The highest BCUT2D eigenvalue weighted by Crippen LogP contribution is 2.36. The first kappa shape index (κ1) is 12.9. The van der Waals surface area contributed by atoms with E-state index in [0.29, 0.717) is 6.61 Å². The summed E-state index contributed by atoms with van der Waals surface area (Å²) in [7, 11) is 0. The second kappa shape index (κ2) is 5.88. The van der Waals surface area contributed by atoms with Gasteiger partial charge in [0.05, 0.1) is 17.5 Å². The Bertz CT molecular complexity index is 464. The summed E-state index contributed by atoms with van der Waals surface area (Å²) in [5.41, 5.74) is 3.09. The fourth-order valence-corrected chi connectivity index (χ4v) is 2.70. The van der Waals surface area contributed by atoms with Gasteiger partial charge >= 0.3 is 0 Å². The zero-order valence-electron chi connectivity index (χ0n) is 9.93. The van der Waals surface area contributed by atoms with Crippen molar-refractivity contribution in [3.8, 4) is 0 Å². The average molecular weight is 266 g/mol. The van der Waals surface area contributed by atoms with E-state index in [1.807, 2.05) is 24.3 Å². The van der Waals surface area contributed by atoms with E-state index in [0.717, 1.165) is 10.6 Å². The van der Waals surface area contributed by atoms with Gasteiger partial charge in [-0.05, 0) is 19.1 Å². The van der Waals surface area contributed by atoms with Gasteiger partial charge in [0.15, 0.2) is 0 Å². The fraction of sp³-hybridized carbons (Fsp3) is 0.333. The number of rotatable bonds is 4. The van der Waals surface area contributed by atoms with Crippen molar-refractivity contribution in [1.29, 1.82) is 0 Å². The second-order valence-corrected chi connectivity index (χ2v) is 5.00. The molecule has 0 aliphatic carbocycles. The molecule has 1 heterocycles. The van der Waals surface area contributed by atoms with E-state index in [4.69, 9.17) is 4.84 Å². The van der Waals surface area contributed by atoms with Gasteiger partial charge in [-0.25, -0.2) is 5.48 Å². The number of para-hydroxylation sites is 1. The average Bonchev–Trinajstić information content (AvgIpc) is 2.37. The highest BCUT2D eigenvalue weighted by atomic mass is 32.2. The predicted octanol–water partition coefficient (Wildman–Crippen LogP) is 1.56. The lowest BCUT2D eigenvalue weighted by atomic mass is 10.2. The van der Waals surface area contributed by atoms with Crippen LogP contribution in [0.2, 0.25) is 0 Å². The van der Waals surface area contributed by atoms with Crippen molar-refractivity contribution in [2.75, 3.05) is 11.9 Å². The number of thioether (sulfide) groups is 1. The molecule has 2 rings (SSSR count). The molecule has 5 nitrogen and oxygen atoms in total. The first-order valence-corrected chi connectivity index (χ1v) is 6.56. The monoisotopic (exact) mass is 266 g/mol. The van der Waals surface area contributed by atoms with Crippen molar-refractivity contribution in [3.63, 3.8) is 0 Å². The molecule has 0 bridgehead atoms. The third-order valence-electron chi connectivity index (χ3n) is 2.41. The van der Waals surface area contributed by atoms with Gasteiger partial charge in [-0.3, -0.25) is 14.4 Å². The molecule has 6 heteroatoms. The fourth-order valence-electron chi connectivity index (χ4n) is 1.59. The molecule has 1 aliphatic rings. The van der Waals surface area contributed by atoms with Crippen molar-refractivity contribution < 1.29 is 14.4 Å². The number of hydrogen-bond donors (Lipinski definition) is 2. The number of carbonyl (C=O) groups is 2. The molecule has 1 unspecified atom stereocenters.